The molecule has 0 N–H and O–H groups in total. The molecule has 2 aliphatic rings. The van der Waals surface area contributed by atoms with Crippen molar-refractivity contribution in [1.29, 1.82) is 0 Å². The molecule has 0 amide bonds. The Morgan fingerprint density at radius 3 is 2.05 bits per heavy atom. The second kappa shape index (κ2) is 8.99. The first-order chi connectivity index (χ1) is 20.0. The lowest BCUT2D eigenvalue weighted by molar-refractivity contribution is -0.137. The van der Waals surface area contributed by atoms with Crippen LogP contribution in [0.4, 0.5) is 18.9 Å². The summed E-state index contributed by atoms with van der Waals surface area (Å²) in [5.41, 5.74) is 5.28. The quantitative estimate of drug-likeness (QED) is 0.217. The van der Waals surface area contributed by atoms with Crippen LogP contribution in [0.15, 0.2) is 103 Å². The van der Waals surface area contributed by atoms with E-state index in [1.54, 1.807) is 6.07 Å². The van der Waals surface area contributed by atoms with Crippen molar-refractivity contribution >= 4 is 22.5 Å². The summed E-state index contributed by atoms with van der Waals surface area (Å²) in [6.07, 6.45) is -0.193. The van der Waals surface area contributed by atoms with Gasteiger partial charge < -0.3 is 9.64 Å². The minimum absolute atomic E-state index is 0.628. The molecule has 5 aromatic rings. The zero-order valence-electron chi connectivity index (χ0n) is 23.9. The Labute approximate surface area is 243 Å². The maximum Gasteiger partial charge on any atom is 0.416 e. The van der Waals surface area contributed by atoms with Gasteiger partial charge in [0.15, 0.2) is 5.60 Å². The average Bonchev–Trinajstić information content (AvgIpc) is 3.23. The molecule has 0 saturated heterocycles. The highest BCUT2D eigenvalue weighted by molar-refractivity contribution is 6.08. The first-order valence-corrected chi connectivity index (χ1v) is 14.1. The fraction of sp³-hybridized carbons (Fsp3) is 0.189. The smallest absolute Gasteiger partial charge is 0.416 e. The van der Waals surface area contributed by atoms with Gasteiger partial charge in [0.05, 0.1) is 5.56 Å². The van der Waals surface area contributed by atoms with Gasteiger partial charge in [0.25, 0.3) is 0 Å². The van der Waals surface area contributed by atoms with E-state index in [2.05, 4.69) is 59.5 Å². The van der Waals surface area contributed by atoms with E-state index in [-0.39, 0.29) is 0 Å². The van der Waals surface area contributed by atoms with Gasteiger partial charge in [-0.25, -0.2) is 0 Å². The summed E-state index contributed by atoms with van der Waals surface area (Å²) in [4.78, 5) is 2.06. The Hall–Kier alpha value is -4.51. The lowest BCUT2D eigenvalue weighted by Gasteiger charge is -2.38. The third-order valence-electron chi connectivity index (χ3n) is 8.88. The molecule has 0 aromatic heterocycles. The second-order valence-corrected chi connectivity index (χ2v) is 11.9. The Morgan fingerprint density at radius 1 is 0.738 bits per heavy atom. The van der Waals surface area contributed by atoms with Crippen LogP contribution in [-0.4, -0.2) is 14.1 Å². The first-order valence-electron chi connectivity index (χ1n) is 14.1. The number of rotatable bonds is 3. The molecule has 1 unspecified atom stereocenters. The standard InChI is InChI=1S/C37H30F3NO/c1-35(2)31-22-25(37(38,39)40)16-19-29(31)32-27-12-8-9-13-28(27)34-30(33(32)35)20-21-36(42-34,23-10-6-5-7-11-23)24-14-17-26(18-15-24)41(3)4/h5-22H,1-4H3. The topological polar surface area (TPSA) is 12.5 Å². The molecular weight excluding hydrogens is 531 g/mol. The molecule has 5 heteroatoms. The fourth-order valence-electron chi connectivity index (χ4n) is 6.78. The van der Waals surface area contributed by atoms with Gasteiger partial charge in [0.1, 0.15) is 5.75 Å². The fourth-order valence-corrected chi connectivity index (χ4v) is 6.78. The molecule has 5 aromatic carbocycles. The Morgan fingerprint density at radius 2 is 1.38 bits per heavy atom. The molecule has 0 fully saturated rings. The summed E-state index contributed by atoms with van der Waals surface area (Å²) in [7, 11) is 4.03. The van der Waals surface area contributed by atoms with Crippen molar-refractivity contribution in [1.82, 2.24) is 0 Å². The van der Waals surface area contributed by atoms with Gasteiger partial charge in [-0.2, -0.15) is 13.2 Å². The summed E-state index contributed by atoms with van der Waals surface area (Å²) in [5.74, 6) is 0.740. The molecule has 1 heterocycles. The molecule has 0 radical (unpaired) electrons. The van der Waals surface area contributed by atoms with Crippen molar-refractivity contribution in [3.05, 3.63) is 137 Å². The molecule has 1 aliphatic heterocycles. The van der Waals surface area contributed by atoms with Gasteiger partial charge in [0, 0.05) is 47.3 Å². The molecule has 42 heavy (non-hydrogen) atoms. The second-order valence-electron chi connectivity index (χ2n) is 11.9. The van der Waals surface area contributed by atoms with Crippen LogP contribution in [0.3, 0.4) is 0 Å². The van der Waals surface area contributed by atoms with Crippen LogP contribution in [0, 0.1) is 0 Å². The molecule has 0 spiro atoms. The average molecular weight is 562 g/mol. The van der Waals surface area contributed by atoms with E-state index in [1.807, 2.05) is 64.3 Å². The van der Waals surface area contributed by atoms with Crippen LogP contribution in [0.1, 0.15) is 47.2 Å². The largest absolute Gasteiger partial charge is 0.472 e. The Bertz CT molecular complexity index is 1890. The zero-order chi connectivity index (χ0) is 29.4. The van der Waals surface area contributed by atoms with E-state index in [9.17, 15) is 13.2 Å². The monoisotopic (exact) mass is 561 g/mol. The van der Waals surface area contributed by atoms with Gasteiger partial charge >= 0.3 is 6.18 Å². The van der Waals surface area contributed by atoms with Gasteiger partial charge in [-0.1, -0.05) is 92.7 Å². The highest BCUT2D eigenvalue weighted by Crippen LogP contribution is 2.58. The minimum Gasteiger partial charge on any atom is -0.472 e. The number of hydrogen-bond donors (Lipinski definition) is 0. The van der Waals surface area contributed by atoms with Gasteiger partial charge in [-0.15, -0.1) is 0 Å². The van der Waals surface area contributed by atoms with E-state index in [0.717, 1.165) is 55.6 Å². The molecule has 1 aliphatic carbocycles. The number of hydrogen-bond acceptors (Lipinski definition) is 2. The molecule has 1 atom stereocenters. The van der Waals surface area contributed by atoms with E-state index in [4.69, 9.17) is 4.74 Å². The highest BCUT2D eigenvalue weighted by atomic mass is 19.4. The zero-order valence-corrected chi connectivity index (χ0v) is 23.9. The highest BCUT2D eigenvalue weighted by Gasteiger charge is 2.45. The summed E-state index contributed by atoms with van der Waals surface area (Å²) in [5, 5.41) is 1.91. The number of fused-ring (bicyclic) bond motifs is 8. The van der Waals surface area contributed by atoms with Crippen molar-refractivity contribution in [2.45, 2.75) is 31.0 Å². The van der Waals surface area contributed by atoms with Crippen LogP contribution in [0.2, 0.25) is 0 Å². The van der Waals surface area contributed by atoms with Crippen LogP contribution in [0.25, 0.3) is 28.0 Å². The summed E-state index contributed by atoms with van der Waals surface area (Å²) < 4.78 is 48.6. The van der Waals surface area contributed by atoms with Crippen molar-refractivity contribution in [2.24, 2.45) is 0 Å². The van der Waals surface area contributed by atoms with Crippen LogP contribution in [-0.2, 0) is 17.2 Å². The predicted molar refractivity (Wildman–Crippen MR) is 164 cm³/mol. The molecule has 0 bridgehead atoms. The van der Waals surface area contributed by atoms with Crippen molar-refractivity contribution < 1.29 is 17.9 Å². The van der Waals surface area contributed by atoms with Gasteiger partial charge in [-0.3, -0.25) is 0 Å². The minimum atomic E-state index is -4.41. The van der Waals surface area contributed by atoms with E-state index in [1.165, 1.54) is 12.1 Å². The van der Waals surface area contributed by atoms with Crippen LogP contribution >= 0.6 is 0 Å². The maximum atomic E-state index is 13.8. The first kappa shape index (κ1) is 26.4. The van der Waals surface area contributed by atoms with Crippen molar-refractivity contribution in [3.8, 4) is 16.9 Å². The van der Waals surface area contributed by atoms with Gasteiger partial charge in [0.2, 0.25) is 0 Å². The number of anilines is 1. The SMILES string of the molecule is CN(C)c1ccc(C2(c3ccccc3)C=Cc3c4c(c5ccccc5c3O2)-c2ccc(C(F)(F)F)cc2C4(C)C)cc1. The number of benzene rings is 5. The Balaban J connectivity index is 1.50. The van der Waals surface area contributed by atoms with Crippen LogP contribution in [0.5, 0.6) is 5.75 Å². The van der Waals surface area contributed by atoms with Gasteiger partial charge in [-0.05, 0) is 58.0 Å². The van der Waals surface area contributed by atoms with Crippen molar-refractivity contribution in [3.63, 3.8) is 0 Å². The Kier molecular flexibility index (Phi) is 5.65. The maximum absolute atomic E-state index is 13.8. The van der Waals surface area contributed by atoms with Crippen molar-refractivity contribution in [2.75, 3.05) is 19.0 Å². The van der Waals surface area contributed by atoms with E-state index < -0.39 is 22.8 Å². The lowest BCUT2D eigenvalue weighted by atomic mass is 9.76. The molecular formula is C37H30F3NO. The predicted octanol–water partition coefficient (Wildman–Crippen LogP) is 9.58. The molecule has 2 nitrogen and oxygen atoms in total. The number of halogens is 3. The summed E-state index contributed by atoms with van der Waals surface area (Å²) in [6.45, 7) is 4.03. The normalized spacial score (nSPS) is 18.3. The number of nitrogens with zero attached hydrogens (tertiary/aromatic N) is 1. The summed E-state index contributed by atoms with van der Waals surface area (Å²) in [6, 6.07) is 30.8. The number of ether oxygens (including phenoxy) is 1. The summed E-state index contributed by atoms with van der Waals surface area (Å²) >= 11 is 0. The molecule has 0 saturated carbocycles. The lowest BCUT2D eigenvalue weighted by Crippen LogP contribution is -2.35. The molecule has 7 rings (SSSR count). The third kappa shape index (κ3) is 3.72. The third-order valence-corrected chi connectivity index (χ3v) is 8.88. The number of alkyl halides is 3. The van der Waals surface area contributed by atoms with E-state index in [0.29, 0.717) is 5.56 Å². The van der Waals surface area contributed by atoms with Crippen LogP contribution < -0.4 is 9.64 Å². The molecule has 210 valence electrons. The van der Waals surface area contributed by atoms with E-state index >= 15 is 0 Å².